The van der Waals surface area contributed by atoms with Gasteiger partial charge in [0.15, 0.2) is 0 Å². The number of fused-ring (bicyclic) bond motifs is 1. The van der Waals surface area contributed by atoms with Gasteiger partial charge in [0.25, 0.3) is 5.91 Å². The summed E-state index contributed by atoms with van der Waals surface area (Å²) >= 11 is 5.89. The van der Waals surface area contributed by atoms with Gasteiger partial charge in [0, 0.05) is 43.5 Å². The number of benzene rings is 1. The molecule has 1 N–H and O–H groups in total. The van der Waals surface area contributed by atoms with Crippen LogP contribution in [0.2, 0.25) is 5.02 Å². The van der Waals surface area contributed by atoms with Crippen LogP contribution in [0.15, 0.2) is 36.5 Å². The number of hydrogen-bond donors (Lipinski definition) is 1. The molecule has 9 nitrogen and oxygen atoms in total. The van der Waals surface area contributed by atoms with E-state index in [0.717, 1.165) is 11.4 Å². The predicted molar refractivity (Wildman–Crippen MR) is 147 cm³/mol. The minimum absolute atomic E-state index is 0.0668. The number of carbonyl (C=O) groups is 2. The third-order valence-corrected chi connectivity index (χ3v) is 7.73. The van der Waals surface area contributed by atoms with Gasteiger partial charge in [-0.15, -0.1) is 0 Å². The first-order chi connectivity index (χ1) is 18.3. The van der Waals surface area contributed by atoms with Crippen molar-refractivity contribution in [3.8, 4) is 0 Å². The van der Waals surface area contributed by atoms with Crippen LogP contribution in [0.25, 0.3) is 0 Å². The molecule has 4 heterocycles. The highest BCUT2D eigenvalue weighted by Gasteiger charge is 2.41. The van der Waals surface area contributed by atoms with Crippen molar-refractivity contribution in [1.29, 1.82) is 0 Å². The fourth-order valence-electron chi connectivity index (χ4n) is 5.38. The van der Waals surface area contributed by atoms with Crippen LogP contribution in [0.3, 0.4) is 0 Å². The highest BCUT2D eigenvalue weighted by molar-refractivity contribution is 6.30. The summed E-state index contributed by atoms with van der Waals surface area (Å²) in [5.74, 6) is -1.29. The monoisotopic (exact) mass is 552 g/mol. The van der Waals surface area contributed by atoms with E-state index in [1.807, 2.05) is 34.6 Å². The van der Waals surface area contributed by atoms with E-state index in [-0.39, 0.29) is 21.9 Å². The predicted octanol–water partition coefficient (Wildman–Crippen LogP) is 4.84. The number of pyridine rings is 1. The Morgan fingerprint density at radius 2 is 1.79 bits per heavy atom. The first kappa shape index (κ1) is 26.8. The molecule has 0 spiro atoms. The normalized spacial score (nSPS) is 17.8. The van der Waals surface area contributed by atoms with Crippen molar-refractivity contribution in [3.05, 3.63) is 70.0 Å². The van der Waals surface area contributed by atoms with E-state index in [2.05, 4.69) is 23.8 Å². The molecule has 1 saturated heterocycles. The number of aromatic carboxylic acids is 1. The van der Waals surface area contributed by atoms with Gasteiger partial charge in [0.05, 0.1) is 33.2 Å². The van der Waals surface area contributed by atoms with Crippen molar-refractivity contribution in [2.45, 2.75) is 45.6 Å². The van der Waals surface area contributed by atoms with Crippen molar-refractivity contribution >= 4 is 40.8 Å². The van der Waals surface area contributed by atoms with Crippen molar-refractivity contribution in [2.75, 3.05) is 36.0 Å². The standard InChI is InChI=1S/C28H30ClFN6O3/c1-16-18(25(38)39)13-31-26(32-16)34-10-11-36(28(4,5)15-34)24(37)21-8-9-22-23(33-21)27(2,3)14-35(22)17-6-7-19(29)20(30)12-17/h6-9,12-13H,10-11,14-15H2,1-5H3,(H,38,39). The number of carbonyl (C=O) groups excluding carboxylic acids is 1. The summed E-state index contributed by atoms with van der Waals surface area (Å²) in [4.78, 5) is 44.3. The Morgan fingerprint density at radius 3 is 2.44 bits per heavy atom. The van der Waals surface area contributed by atoms with Gasteiger partial charge in [0.2, 0.25) is 5.95 Å². The maximum atomic E-state index is 14.2. The van der Waals surface area contributed by atoms with Crippen LogP contribution in [0.1, 0.15) is 59.9 Å². The zero-order chi connectivity index (χ0) is 28.3. The lowest BCUT2D eigenvalue weighted by Gasteiger charge is -2.47. The highest BCUT2D eigenvalue weighted by Crippen LogP contribution is 2.44. The number of piperazine rings is 1. The second-order valence-electron chi connectivity index (χ2n) is 11.3. The second-order valence-corrected chi connectivity index (χ2v) is 11.7. The Labute approximate surface area is 231 Å². The van der Waals surface area contributed by atoms with Gasteiger partial charge in [-0.25, -0.2) is 24.1 Å². The molecule has 0 aliphatic carbocycles. The van der Waals surface area contributed by atoms with Crippen LogP contribution < -0.4 is 9.80 Å². The van der Waals surface area contributed by atoms with Crippen LogP contribution in [0.5, 0.6) is 0 Å². The average molecular weight is 553 g/mol. The summed E-state index contributed by atoms with van der Waals surface area (Å²) in [6, 6.07) is 8.33. The fourth-order valence-corrected chi connectivity index (χ4v) is 5.50. The first-order valence-electron chi connectivity index (χ1n) is 12.7. The maximum absolute atomic E-state index is 14.2. The van der Waals surface area contributed by atoms with Gasteiger partial charge >= 0.3 is 5.97 Å². The van der Waals surface area contributed by atoms with Crippen LogP contribution >= 0.6 is 11.6 Å². The number of rotatable bonds is 4. The molecule has 3 aromatic rings. The lowest BCUT2D eigenvalue weighted by molar-refractivity contribution is 0.0505. The van der Waals surface area contributed by atoms with E-state index >= 15 is 0 Å². The number of aryl methyl sites for hydroxylation is 1. The number of halogens is 2. The smallest absolute Gasteiger partial charge is 0.339 e. The zero-order valence-electron chi connectivity index (χ0n) is 22.5. The second kappa shape index (κ2) is 9.44. The van der Waals surface area contributed by atoms with E-state index in [4.69, 9.17) is 16.6 Å². The SMILES string of the molecule is Cc1nc(N2CCN(C(=O)c3ccc4c(n3)C(C)(C)CN4c3ccc(Cl)c(F)c3)C(C)(C)C2)ncc1C(=O)O. The zero-order valence-corrected chi connectivity index (χ0v) is 23.3. The molecule has 0 bridgehead atoms. The molecule has 0 atom stereocenters. The van der Waals surface area contributed by atoms with Gasteiger partial charge in [0.1, 0.15) is 11.5 Å². The molecular formula is C28H30ClFN6O3. The van der Waals surface area contributed by atoms with Gasteiger partial charge in [-0.05, 0) is 51.1 Å². The molecule has 0 saturated carbocycles. The van der Waals surface area contributed by atoms with Gasteiger partial charge in [-0.3, -0.25) is 4.79 Å². The van der Waals surface area contributed by atoms with Crippen LogP contribution in [-0.2, 0) is 5.41 Å². The Hall–Kier alpha value is -3.79. The Morgan fingerprint density at radius 1 is 1.05 bits per heavy atom. The third-order valence-electron chi connectivity index (χ3n) is 7.42. The molecule has 5 rings (SSSR count). The maximum Gasteiger partial charge on any atom is 0.339 e. The van der Waals surface area contributed by atoms with E-state index in [0.29, 0.717) is 49.2 Å². The average Bonchev–Trinajstić information content (AvgIpc) is 3.14. The molecule has 0 unspecified atom stereocenters. The Bertz CT molecular complexity index is 1490. The molecule has 1 amide bonds. The largest absolute Gasteiger partial charge is 0.478 e. The number of anilines is 3. The lowest BCUT2D eigenvalue weighted by atomic mass is 9.91. The summed E-state index contributed by atoms with van der Waals surface area (Å²) in [5, 5.41) is 9.34. The molecule has 2 aliphatic rings. The summed E-state index contributed by atoms with van der Waals surface area (Å²) < 4.78 is 14.2. The number of amides is 1. The quantitative estimate of drug-likeness (QED) is 0.490. The summed E-state index contributed by atoms with van der Waals surface area (Å²) in [6.45, 7) is 11.7. The minimum Gasteiger partial charge on any atom is -0.478 e. The van der Waals surface area contributed by atoms with E-state index in [1.165, 1.54) is 18.3 Å². The molecule has 2 aliphatic heterocycles. The third kappa shape index (κ3) is 4.78. The minimum atomic E-state index is -1.07. The summed E-state index contributed by atoms with van der Waals surface area (Å²) in [6.07, 6.45) is 1.32. The molecule has 0 radical (unpaired) electrons. The van der Waals surface area contributed by atoms with Crippen molar-refractivity contribution in [1.82, 2.24) is 19.9 Å². The summed E-state index contributed by atoms with van der Waals surface area (Å²) in [5.41, 5.74) is 2.17. The number of hydrogen-bond acceptors (Lipinski definition) is 7. The van der Waals surface area contributed by atoms with E-state index < -0.39 is 17.3 Å². The lowest BCUT2D eigenvalue weighted by Crippen LogP contribution is -2.61. The first-order valence-corrected chi connectivity index (χ1v) is 13.0. The molecule has 39 heavy (non-hydrogen) atoms. The van der Waals surface area contributed by atoms with Crippen molar-refractivity contribution < 1.29 is 19.1 Å². The van der Waals surface area contributed by atoms with E-state index in [1.54, 1.807) is 19.1 Å². The Balaban J connectivity index is 1.39. The molecule has 2 aromatic heterocycles. The van der Waals surface area contributed by atoms with E-state index in [9.17, 15) is 19.1 Å². The fraction of sp³-hybridized carbons (Fsp3) is 0.393. The number of aromatic nitrogens is 3. The van der Waals surface area contributed by atoms with Gasteiger partial charge < -0.3 is 19.8 Å². The highest BCUT2D eigenvalue weighted by atomic mass is 35.5. The van der Waals surface area contributed by atoms with Gasteiger partial charge in [-0.1, -0.05) is 25.4 Å². The van der Waals surface area contributed by atoms with Crippen molar-refractivity contribution in [2.24, 2.45) is 0 Å². The van der Waals surface area contributed by atoms with Crippen LogP contribution in [0, 0.1) is 12.7 Å². The van der Waals surface area contributed by atoms with Crippen molar-refractivity contribution in [3.63, 3.8) is 0 Å². The molecule has 1 aromatic carbocycles. The molecule has 204 valence electrons. The number of nitrogens with zero attached hydrogens (tertiary/aromatic N) is 6. The Kier molecular flexibility index (Phi) is 6.49. The molecular weight excluding hydrogens is 523 g/mol. The summed E-state index contributed by atoms with van der Waals surface area (Å²) in [7, 11) is 0. The van der Waals surface area contributed by atoms with Crippen LogP contribution in [-0.4, -0.2) is 68.6 Å². The molecule has 11 heteroatoms. The van der Waals surface area contributed by atoms with Crippen LogP contribution in [0.4, 0.5) is 21.7 Å². The van der Waals surface area contributed by atoms with Gasteiger partial charge in [-0.2, -0.15) is 0 Å². The number of carboxylic acid groups (broad SMARTS) is 1. The molecule has 1 fully saturated rings. The number of carboxylic acids is 1. The topological polar surface area (TPSA) is 103 Å².